The molecule has 22 heavy (non-hydrogen) atoms. The Morgan fingerprint density at radius 3 is 2.73 bits per heavy atom. The Hall–Kier alpha value is -1.96. The van der Waals surface area contributed by atoms with Gasteiger partial charge >= 0.3 is 0 Å². The molecule has 0 aliphatic heterocycles. The highest BCUT2D eigenvalue weighted by molar-refractivity contribution is 7.22. The zero-order valence-electron chi connectivity index (χ0n) is 13.4. The molecule has 1 unspecified atom stereocenters. The Morgan fingerprint density at radius 2 is 2.05 bits per heavy atom. The summed E-state index contributed by atoms with van der Waals surface area (Å²) in [5, 5.41) is 12.5. The number of thiazole rings is 1. The van der Waals surface area contributed by atoms with Gasteiger partial charge < -0.3 is 9.84 Å². The van der Waals surface area contributed by atoms with Crippen LogP contribution in [0, 0.1) is 12.8 Å². The van der Waals surface area contributed by atoms with E-state index in [1.165, 1.54) is 0 Å². The first kappa shape index (κ1) is 15.0. The van der Waals surface area contributed by atoms with E-state index < -0.39 is 0 Å². The molecule has 0 spiro atoms. The lowest BCUT2D eigenvalue weighted by Gasteiger charge is -2.07. The fourth-order valence-electron chi connectivity index (χ4n) is 2.28. The van der Waals surface area contributed by atoms with Crippen molar-refractivity contribution in [3.05, 3.63) is 17.4 Å². The van der Waals surface area contributed by atoms with Crippen molar-refractivity contribution < 1.29 is 4.52 Å². The van der Waals surface area contributed by atoms with Crippen LogP contribution in [0.4, 0.5) is 5.13 Å². The third-order valence-electron chi connectivity index (χ3n) is 3.33. The maximum atomic E-state index is 5.34. The van der Waals surface area contributed by atoms with E-state index in [1.54, 1.807) is 16.0 Å². The molecule has 3 aromatic heterocycles. The van der Waals surface area contributed by atoms with Crippen LogP contribution in [0.25, 0.3) is 10.3 Å². The van der Waals surface area contributed by atoms with Crippen molar-refractivity contribution in [3.63, 3.8) is 0 Å². The van der Waals surface area contributed by atoms with Crippen LogP contribution in [-0.4, -0.2) is 24.9 Å². The lowest BCUT2D eigenvalue weighted by atomic mass is 10.1. The Balaban J connectivity index is 1.76. The number of hydrogen-bond acceptors (Lipinski definition) is 7. The summed E-state index contributed by atoms with van der Waals surface area (Å²) in [5.74, 6) is 1.85. The maximum absolute atomic E-state index is 5.34. The monoisotopic (exact) mass is 320 g/mol. The minimum absolute atomic E-state index is 0.0813. The molecule has 0 bridgehead atoms. The topological polar surface area (TPSA) is 81.7 Å². The Morgan fingerprint density at radius 1 is 1.27 bits per heavy atom. The predicted octanol–water partition coefficient (Wildman–Crippen LogP) is 3.09. The van der Waals surface area contributed by atoms with Gasteiger partial charge in [-0.3, -0.25) is 0 Å². The standard InChI is InChI=1S/C14H20N6OS/c1-7(2)6-10-16-13(21-19-10)9(4)15-14-17-12-11(22-14)8(3)18-20(12)5/h7,9H,6H2,1-5H3,(H,15,17). The number of fused-ring (bicyclic) bond motifs is 1. The molecule has 8 heteroatoms. The molecule has 1 N–H and O–H groups in total. The second-order valence-electron chi connectivity index (χ2n) is 5.89. The van der Waals surface area contributed by atoms with Gasteiger partial charge in [-0.15, -0.1) is 0 Å². The van der Waals surface area contributed by atoms with E-state index in [1.807, 2.05) is 20.9 Å². The Labute approximate surface area is 132 Å². The van der Waals surface area contributed by atoms with Gasteiger partial charge in [0.05, 0.1) is 10.4 Å². The summed E-state index contributed by atoms with van der Waals surface area (Å²) in [7, 11) is 1.90. The Kier molecular flexibility index (Phi) is 3.86. The van der Waals surface area contributed by atoms with Gasteiger partial charge in [-0.1, -0.05) is 30.3 Å². The summed E-state index contributed by atoms with van der Waals surface area (Å²) in [4.78, 5) is 9.01. The van der Waals surface area contributed by atoms with E-state index in [9.17, 15) is 0 Å². The molecule has 7 nitrogen and oxygen atoms in total. The molecule has 1 atom stereocenters. The molecular weight excluding hydrogens is 300 g/mol. The van der Waals surface area contributed by atoms with Crippen molar-refractivity contribution in [2.45, 2.75) is 40.2 Å². The van der Waals surface area contributed by atoms with Gasteiger partial charge in [0.15, 0.2) is 16.6 Å². The van der Waals surface area contributed by atoms with E-state index in [-0.39, 0.29) is 6.04 Å². The number of anilines is 1. The molecule has 118 valence electrons. The molecule has 3 heterocycles. The van der Waals surface area contributed by atoms with Gasteiger partial charge in [0.1, 0.15) is 6.04 Å². The van der Waals surface area contributed by atoms with Crippen molar-refractivity contribution >= 4 is 26.8 Å². The zero-order chi connectivity index (χ0) is 15.9. The van der Waals surface area contributed by atoms with Crippen LogP contribution >= 0.6 is 11.3 Å². The minimum Gasteiger partial charge on any atom is -0.350 e. The first-order chi connectivity index (χ1) is 10.4. The fraction of sp³-hybridized carbons (Fsp3) is 0.571. The van der Waals surface area contributed by atoms with Gasteiger partial charge in [-0.05, 0) is 19.8 Å². The van der Waals surface area contributed by atoms with Crippen LogP contribution < -0.4 is 5.32 Å². The van der Waals surface area contributed by atoms with E-state index >= 15 is 0 Å². The summed E-state index contributed by atoms with van der Waals surface area (Å²) in [6.07, 6.45) is 0.822. The van der Waals surface area contributed by atoms with Crippen LogP contribution in [0.2, 0.25) is 0 Å². The van der Waals surface area contributed by atoms with Gasteiger partial charge in [-0.25, -0.2) is 9.67 Å². The first-order valence-electron chi connectivity index (χ1n) is 7.33. The summed E-state index contributed by atoms with van der Waals surface area (Å²) in [6.45, 7) is 8.25. The molecule has 0 aliphatic carbocycles. The molecule has 0 aliphatic rings. The number of rotatable bonds is 5. The average Bonchev–Trinajstić information content (AvgIpc) is 3.09. The lowest BCUT2D eigenvalue weighted by Crippen LogP contribution is -2.07. The molecule has 0 saturated carbocycles. The molecule has 0 radical (unpaired) electrons. The molecule has 3 aromatic rings. The first-order valence-corrected chi connectivity index (χ1v) is 8.15. The average molecular weight is 320 g/mol. The van der Waals surface area contributed by atoms with Gasteiger partial charge in [0.25, 0.3) is 0 Å². The zero-order valence-corrected chi connectivity index (χ0v) is 14.2. The fourth-order valence-corrected chi connectivity index (χ4v) is 3.30. The van der Waals surface area contributed by atoms with E-state index in [0.717, 1.165) is 33.4 Å². The highest BCUT2D eigenvalue weighted by Gasteiger charge is 2.18. The van der Waals surface area contributed by atoms with Crippen molar-refractivity contribution in [1.29, 1.82) is 0 Å². The molecule has 0 fully saturated rings. The van der Waals surface area contributed by atoms with E-state index in [2.05, 4.69) is 39.4 Å². The van der Waals surface area contributed by atoms with E-state index in [0.29, 0.717) is 11.8 Å². The second kappa shape index (κ2) is 5.68. The van der Waals surface area contributed by atoms with Crippen LogP contribution in [0.15, 0.2) is 4.52 Å². The van der Waals surface area contributed by atoms with Gasteiger partial charge in [0, 0.05) is 13.5 Å². The second-order valence-corrected chi connectivity index (χ2v) is 6.89. The summed E-state index contributed by atoms with van der Waals surface area (Å²) >= 11 is 1.59. The molecule has 0 amide bonds. The number of hydrogen-bond donors (Lipinski definition) is 1. The Bertz CT molecular complexity index is 752. The van der Waals surface area contributed by atoms with Crippen molar-refractivity contribution in [2.75, 3.05) is 5.32 Å². The van der Waals surface area contributed by atoms with Crippen LogP contribution in [-0.2, 0) is 13.5 Å². The number of nitrogens with one attached hydrogen (secondary N) is 1. The predicted molar refractivity (Wildman–Crippen MR) is 86.0 cm³/mol. The van der Waals surface area contributed by atoms with E-state index in [4.69, 9.17) is 4.52 Å². The quantitative estimate of drug-likeness (QED) is 0.778. The van der Waals surface area contributed by atoms with Crippen LogP contribution in [0.5, 0.6) is 0 Å². The highest BCUT2D eigenvalue weighted by atomic mass is 32.1. The number of nitrogens with zero attached hydrogens (tertiary/aromatic N) is 5. The maximum Gasteiger partial charge on any atom is 0.248 e. The van der Waals surface area contributed by atoms with Crippen molar-refractivity contribution in [1.82, 2.24) is 24.9 Å². The van der Waals surface area contributed by atoms with Crippen LogP contribution in [0.1, 0.15) is 44.2 Å². The molecule has 3 rings (SSSR count). The normalized spacial score (nSPS) is 13.2. The SMILES string of the molecule is Cc1nn(C)c2nc(NC(C)c3nc(CC(C)C)no3)sc12. The van der Waals surface area contributed by atoms with Gasteiger partial charge in [-0.2, -0.15) is 10.1 Å². The molecule has 0 aromatic carbocycles. The highest BCUT2D eigenvalue weighted by Crippen LogP contribution is 2.30. The third-order valence-corrected chi connectivity index (χ3v) is 4.41. The summed E-state index contributed by atoms with van der Waals surface area (Å²) < 4.78 is 8.23. The molecule has 0 saturated heterocycles. The lowest BCUT2D eigenvalue weighted by molar-refractivity contribution is 0.361. The number of aromatic nitrogens is 5. The third kappa shape index (κ3) is 2.83. The minimum atomic E-state index is -0.0813. The largest absolute Gasteiger partial charge is 0.350 e. The van der Waals surface area contributed by atoms with Crippen LogP contribution in [0.3, 0.4) is 0 Å². The molecular formula is C14H20N6OS. The number of aryl methyl sites for hydroxylation is 2. The van der Waals surface area contributed by atoms with Crippen molar-refractivity contribution in [3.8, 4) is 0 Å². The summed E-state index contributed by atoms with van der Waals surface area (Å²) in [5.41, 5.74) is 1.89. The van der Waals surface area contributed by atoms with Crippen molar-refractivity contribution in [2.24, 2.45) is 13.0 Å². The van der Waals surface area contributed by atoms with Gasteiger partial charge in [0.2, 0.25) is 5.89 Å². The summed E-state index contributed by atoms with van der Waals surface area (Å²) in [6, 6.07) is -0.0813. The smallest absolute Gasteiger partial charge is 0.248 e.